The first-order valence-electron chi connectivity index (χ1n) is 6.35. The molecule has 2 aliphatic rings. The molecule has 0 N–H and O–H groups in total. The van der Waals surface area contributed by atoms with Crippen LogP contribution in [0.3, 0.4) is 0 Å². The zero-order valence-corrected chi connectivity index (χ0v) is 12.5. The minimum Gasteiger partial charge on any atom is -0.290 e. The van der Waals surface area contributed by atoms with Crippen molar-refractivity contribution in [2.24, 2.45) is 0 Å². The van der Waals surface area contributed by atoms with Gasteiger partial charge in [-0.15, -0.1) is 0 Å². The molecule has 0 aromatic rings. The number of rotatable bonds is 5. The monoisotopic (exact) mass is 296 g/mol. The standard InChI is InChI=1S/C10H21N2O4PS/c1-18(14,15)10-16-17(13,11-6-2-3-7-11)12-8-4-5-9-12/h2-10H2,1H3. The molecule has 0 atom stereocenters. The van der Waals surface area contributed by atoms with E-state index in [-0.39, 0.29) is 0 Å². The Bertz CT molecular complexity index is 407. The van der Waals surface area contributed by atoms with Gasteiger partial charge in [0, 0.05) is 32.4 Å². The van der Waals surface area contributed by atoms with Crippen molar-refractivity contribution in [1.29, 1.82) is 0 Å². The second-order valence-electron chi connectivity index (χ2n) is 4.98. The van der Waals surface area contributed by atoms with Gasteiger partial charge in [0.05, 0.1) is 0 Å². The Labute approximate surface area is 109 Å². The number of sulfone groups is 1. The molecular weight excluding hydrogens is 275 g/mol. The summed E-state index contributed by atoms with van der Waals surface area (Å²) in [6, 6.07) is 0. The van der Waals surface area contributed by atoms with E-state index in [1.54, 1.807) is 0 Å². The van der Waals surface area contributed by atoms with Gasteiger partial charge in [-0.1, -0.05) is 0 Å². The van der Waals surface area contributed by atoms with Crippen molar-refractivity contribution < 1.29 is 17.5 Å². The quantitative estimate of drug-likeness (QED) is 0.713. The van der Waals surface area contributed by atoms with Crippen molar-refractivity contribution in [2.75, 3.05) is 38.4 Å². The zero-order chi connectivity index (χ0) is 13.2. The first kappa shape index (κ1) is 14.5. The fraction of sp³-hybridized carbons (Fsp3) is 1.00. The Morgan fingerprint density at radius 1 is 1.00 bits per heavy atom. The van der Waals surface area contributed by atoms with Crippen LogP contribution in [-0.2, 0) is 18.9 Å². The summed E-state index contributed by atoms with van der Waals surface area (Å²) in [4.78, 5) is 0. The average Bonchev–Trinajstić information content (AvgIpc) is 2.97. The molecule has 2 saturated heterocycles. The highest BCUT2D eigenvalue weighted by atomic mass is 32.2. The van der Waals surface area contributed by atoms with Crippen molar-refractivity contribution >= 4 is 17.5 Å². The summed E-state index contributed by atoms with van der Waals surface area (Å²) in [5, 5.41) is 0. The minimum atomic E-state index is -3.26. The molecule has 6 nitrogen and oxygen atoms in total. The van der Waals surface area contributed by atoms with Crippen LogP contribution >= 0.6 is 7.67 Å². The van der Waals surface area contributed by atoms with Gasteiger partial charge in [-0.25, -0.2) is 17.8 Å². The van der Waals surface area contributed by atoms with Crippen LogP contribution in [0.15, 0.2) is 0 Å². The van der Waals surface area contributed by atoms with Gasteiger partial charge in [-0.3, -0.25) is 9.09 Å². The molecule has 0 radical (unpaired) electrons. The van der Waals surface area contributed by atoms with Gasteiger partial charge in [0.25, 0.3) is 0 Å². The molecule has 8 heteroatoms. The Morgan fingerprint density at radius 2 is 1.39 bits per heavy atom. The molecule has 0 spiro atoms. The SMILES string of the molecule is CS(=O)(=O)COP(=O)(N1CCCC1)N1CCCC1. The van der Waals surface area contributed by atoms with E-state index >= 15 is 0 Å². The van der Waals surface area contributed by atoms with Crippen LogP contribution in [0.1, 0.15) is 25.7 Å². The fourth-order valence-corrected chi connectivity index (χ4v) is 5.99. The van der Waals surface area contributed by atoms with Crippen molar-refractivity contribution in [3.63, 3.8) is 0 Å². The largest absolute Gasteiger partial charge is 0.347 e. The smallest absolute Gasteiger partial charge is 0.290 e. The number of hydrogen-bond donors (Lipinski definition) is 0. The molecule has 0 aromatic heterocycles. The van der Waals surface area contributed by atoms with Gasteiger partial charge in [0.2, 0.25) is 0 Å². The second-order valence-corrected chi connectivity index (χ2v) is 9.44. The third-order valence-corrected chi connectivity index (χ3v) is 6.73. The molecule has 0 aliphatic carbocycles. The number of hydrogen-bond acceptors (Lipinski definition) is 4. The molecular formula is C10H21N2O4PS. The maximum atomic E-state index is 13.0. The predicted octanol–water partition coefficient (Wildman–Crippen LogP) is 1.30. The highest BCUT2D eigenvalue weighted by molar-refractivity contribution is 7.90. The molecule has 18 heavy (non-hydrogen) atoms. The molecule has 2 fully saturated rings. The lowest BCUT2D eigenvalue weighted by molar-refractivity contribution is 0.255. The lowest BCUT2D eigenvalue weighted by Gasteiger charge is -2.33. The Hall–Kier alpha value is 0.0600. The molecule has 2 rings (SSSR count). The summed E-state index contributed by atoms with van der Waals surface area (Å²) in [7, 11) is -6.39. The van der Waals surface area contributed by atoms with Crippen LogP contribution in [0.2, 0.25) is 0 Å². The zero-order valence-electron chi connectivity index (χ0n) is 10.7. The van der Waals surface area contributed by atoms with Crippen LogP contribution < -0.4 is 0 Å². The van der Waals surface area contributed by atoms with Gasteiger partial charge in [-0.05, 0) is 25.7 Å². The lowest BCUT2D eigenvalue weighted by Crippen LogP contribution is -2.30. The molecule has 2 heterocycles. The van der Waals surface area contributed by atoms with Gasteiger partial charge < -0.3 is 0 Å². The molecule has 0 unspecified atom stereocenters. The van der Waals surface area contributed by atoms with Crippen molar-refractivity contribution in [3.05, 3.63) is 0 Å². The highest BCUT2D eigenvalue weighted by Gasteiger charge is 2.41. The Morgan fingerprint density at radius 3 is 1.72 bits per heavy atom. The summed E-state index contributed by atoms with van der Waals surface area (Å²) < 4.78 is 44.5. The summed E-state index contributed by atoms with van der Waals surface area (Å²) in [5.74, 6) is -0.461. The average molecular weight is 296 g/mol. The highest BCUT2D eigenvalue weighted by Crippen LogP contribution is 2.57. The minimum absolute atomic E-state index is 0.461. The van der Waals surface area contributed by atoms with Crippen molar-refractivity contribution in [2.45, 2.75) is 25.7 Å². The molecule has 0 saturated carbocycles. The van der Waals surface area contributed by atoms with Gasteiger partial charge in [0.1, 0.15) is 0 Å². The van der Waals surface area contributed by atoms with Crippen molar-refractivity contribution in [1.82, 2.24) is 9.34 Å². The molecule has 0 aromatic carbocycles. The fourth-order valence-electron chi connectivity index (χ4n) is 2.41. The van der Waals surface area contributed by atoms with Crippen LogP contribution in [0.4, 0.5) is 0 Å². The Kier molecular flexibility index (Phi) is 4.49. The van der Waals surface area contributed by atoms with Gasteiger partial charge >= 0.3 is 7.67 Å². The van der Waals surface area contributed by atoms with E-state index in [9.17, 15) is 13.0 Å². The van der Waals surface area contributed by atoms with E-state index in [4.69, 9.17) is 4.52 Å². The maximum absolute atomic E-state index is 13.0. The van der Waals surface area contributed by atoms with E-state index in [1.807, 2.05) is 9.34 Å². The third-order valence-electron chi connectivity index (χ3n) is 3.31. The third kappa shape index (κ3) is 3.33. The van der Waals surface area contributed by atoms with Crippen LogP contribution in [0.5, 0.6) is 0 Å². The summed E-state index contributed by atoms with van der Waals surface area (Å²) >= 11 is 0. The summed E-state index contributed by atoms with van der Waals surface area (Å²) in [6.45, 7) is 2.93. The van der Waals surface area contributed by atoms with E-state index in [0.717, 1.165) is 58.1 Å². The first-order chi connectivity index (χ1) is 8.42. The van der Waals surface area contributed by atoms with Crippen LogP contribution in [-0.4, -0.2) is 56.1 Å². The normalized spacial score (nSPS) is 23.8. The van der Waals surface area contributed by atoms with E-state index in [2.05, 4.69) is 0 Å². The predicted molar refractivity (Wildman–Crippen MR) is 70.0 cm³/mol. The maximum Gasteiger partial charge on any atom is 0.347 e. The van der Waals surface area contributed by atoms with Gasteiger partial charge in [-0.2, -0.15) is 0 Å². The topological polar surface area (TPSA) is 66.9 Å². The molecule has 0 bridgehead atoms. The first-order valence-corrected chi connectivity index (χ1v) is 9.94. The summed E-state index contributed by atoms with van der Waals surface area (Å²) in [5.41, 5.74) is 0. The molecule has 106 valence electrons. The molecule has 2 aliphatic heterocycles. The van der Waals surface area contributed by atoms with Gasteiger partial charge in [0.15, 0.2) is 15.8 Å². The number of nitrogens with zero attached hydrogens (tertiary/aromatic N) is 2. The van der Waals surface area contributed by atoms with Crippen LogP contribution in [0.25, 0.3) is 0 Å². The summed E-state index contributed by atoms with van der Waals surface area (Å²) in [6.07, 6.45) is 5.10. The van der Waals surface area contributed by atoms with Crippen LogP contribution in [0, 0.1) is 0 Å². The van der Waals surface area contributed by atoms with E-state index in [1.165, 1.54) is 0 Å². The Balaban J connectivity index is 2.13. The second kappa shape index (κ2) is 5.59. The lowest BCUT2D eigenvalue weighted by atomic mass is 10.4. The van der Waals surface area contributed by atoms with E-state index in [0.29, 0.717) is 0 Å². The van der Waals surface area contributed by atoms with E-state index < -0.39 is 23.4 Å². The van der Waals surface area contributed by atoms with Crippen molar-refractivity contribution in [3.8, 4) is 0 Å². The molecule has 0 amide bonds.